The van der Waals surface area contributed by atoms with Crippen molar-refractivity contribution in [1.29, 1.82) is 0 Å². The van der Waals surface area contributed by atoms with E-state index >= 15 is 0 Å². The van der Waals surface area contributed by atoms with E-state index in [1.807, 2.05) is 0 Å². The number of aryl methyl sites for hydroxylation is 4. The van der Waals surface area contributed by atoms with Crippen LogP contribution in [0.2, 0.25) is 0 Å². The Bertz CT molecular complexity index is 1640. The molecule has 0 saturated carbocycles. The van der Waals surface area contributed by atoms with Crippen molar-refractivity contribution in [1.82, 2.24) is 29.9 Å². The summed E-state index contributed by atoms with van der Waals surface area (Å²) in [4.78, 5) is 25.3. The van der Waals surface area contributed by atoms with Crippen LogP contribution in [0.5, 0.6) is 0 Å². The average molecular weight is 585 g/mol. The highest BCUT2D eigenvalue weighted by atomic mass is 32.2. The van der Waals surface area contributed by atoms with E-state index in [-0.39, 0.29) is 16.4 Å². The van der Waals surface area contributed by atoms with Crippen LogP contribution in [0, 0.1) is 27.7 Å². The largest absolute Gasteiger partial charge is 0.324 e. The smallest absolute Gasteiger partial charge is 0.295 e. The Morgan fingerprint density at radius 2 is 1.23 bits per heavy atom. The fourth-order valence-electron chi connectivity index (χ4n) is 3.63. The first-order valence-corrected chi connectivity index (χ1v) is 13.7. The van der Waals surface area contributed by atoms with Crippen molar-refractivity contribution in [3.8, 4) is 0 Å². The van der Waals surface area contributed by atoms with E-state index in [0.29, 0.717) is 63.1 Å². The fraction of sp³-hybridized carbons (Fsp3) is 0.167. The van der Waals surface area contributed by atoms with Gasteiger partial charge in [-0.05, 0) is 63.1 Å². The first-order chi connectivity index (χ1) is 19.0. The highest BCUT2D eigenvalue weighted by Crippen LogP contribution is 2.31. The quantitative estimate of drug-likeness (QED) is 0.0662. The first-order valence-electron chi connectivity index (χ1n) is 11.5. The van der Waals surface area contributed by atoms with Crippen LogP contribution in [0.3, 0.4) is 0 Å². The molecular weight excluding hydrogens is 560 g/mol. The van der Waals surface area contributed by atoms with Gasteiger partial charge in [0, 0.05) is 16.3 Å². The molecule has 40 heavy (non-hydrogen) atoms. The van der Waals surface area contributed by atoms with E-state index in [9.17, 15) is 13.0 Å². The van der Waals surface area contributed by atoms with Crippen LogP contribution in [0.1, 0.15) is 34.4 Å². The lowest BCUT2D eigenvalue weighted by Crippen LogP contribution is -2.05. The number of rotatable bonds is 10. The van der Waals surface area contributed by atoms with Gasteiger partial charge in [0.2, 0.25) is 11.9 Å². The van der Waals surface area contributed by atoms with E-state index in [1.165, 1.54) is 18.2 Å². The topological polar surface area (TPSA) is 194 Å². The number of anilines is 4. The summed E-state index contributed by atoms with van der Waals surface area (Å²) in [6.45, 7) is 6.91. The Hall–Kier alpha value is -4.06. The van der Waals surface area contributed by atoms with Crippen LogP contribution in [-0.2, 0) is 19.5 Å². The number of hydrogen-bond donors (Lipinski definition) is 4. The van der Waals surface area contributed by atoms with E-state index < -0.39 is 10.1 Å². The van der Waals surface area contributed by atoms with Gasteiger partial charge in [-0.15, -0.1) is 4.33 Å². The maximum absolute atomic E-state index is 12.2. The third-order valence-electron chi connectivity index (χ3n) is 5.13. The Morgan fingerprint density at radius 3 is 1.73 bits per heavy atom. The molecule has 14 nitrogen and oxygen atoms in total. The molecule has 208 valence electrons. The molecular formula is C24H24N8O6S2. The highest BCUT2D eigenvalue weighted by Gasteiger charge is 2.16. The molecule has 0 amide bonds. The van der Waals surface area contributed by atoms with Crippen molar-refractivity contribution in [3.05, 3.63) is 70.8 Å². The molecule has 4 N–H and O–H groups in total. The van der Waals surface area contributed by atoms with Gasteiger partial charge in [0.25, 0.3) is 10.1 Å². The normalized spacial score (nSPS) is 11.7. The Morgan fingerprint density at radius 1 is 0.750 bits per heavy atom. The molecule has 0 atom stereocenters. The van der Waals surface area contributed by atoms with Gasteiger partial charge in [-0.2, -0.15) is 28.4 Å². The zero-order chi connectivity index (χ0) is 28.9. The Balaban J connectivity index is 1.64. The summed E-state index contributed by atoms with van der Waals surface area (Å²) in [5, 5.41) is 18.4. The van der Waals surface area contributed by atoms with E-state index in [4.69, 9.17) is 5.26 Å². The molecule has 2 aromatic heterocycles. The molecule has 0 fully saturated rings. The van der Waals surface area contributed by atoms with E-state index in [2.05, 4.69) is 49.9 Å². The molecule has 0 bridgehead atoms. The Labute approximate surface area is 233 Å². The fourth-order valence-corrected chi connectivity index (χ4v) is 4.85. The van der Waals surface area contributed by atoms with Crippen molar-refractivity contribution < 1.29 is 27.6 Å². The summed E-state index contributed by atoms with van der Waals surface area (Å²) in [7, 11) is -4.60. The van der Waals surface area contributed by atoms with Crippen LogP contribution in [0.4, 0.5) is 23.3 Å². The number of benzene rings is 2. The number of nitrogens with zero attached hydrogens (tertiary/aromatic N) is 6. The summed E-state index contributed by atoms with van der Waals surface area (Å²) in [5.74, 6) is 2.67. The number of nitrogens with one attached hydrogen (secondary N) is 2. The molecule has 0 aliphatic heterocycles. The van der Waals surface area contributed by atoms with Crippen LogP contribution in [0.25, 0.3) is 12.2 Å². The minimum atomic E-state index is -4.60. The van der Waals surface area contributed by atoms with Gasteiger partial charge in [0.1, 0.15) is 28.2 Å². The lowest BCUT2D eigenvalue weighted by molar-refractivity contribution is -0.432. The van der Waals surface area contributed by atoms with Crippen LogP contribution >= 0.6 is 12.0 Å². The van der Waals surface area contributed by atoms with Gasteiger partial charge < -0.3 is 10.6 Å². The molecule has 0 radical (unpaired) electrons. The molecule has 4 aromatic rings. The van der Waals surface area contributed by atoms with Gasteiger partial charge in [-0.25, -0.2) is 15.2 Å². The minimum absolute atomic E-state index is 0.213. The molecule has 2 heterocycles. The van der Waals surface area contributed by atoms with Crippen LogP contribution in [0.15, 0.2) is 46.2 Å². The molecule has 0 aliphatic carbocycles. The monoisotopic (exact) mass is 584 g/mol. The van der Waals surface area contributed by atoms with Gasteiger partial charge in [-0.1, -0.05) is 29.3 Å². The highest BCUT2D eigenvalue weighted by molar-refractivity contribution is 7.94. The van der Waals surface area contributed by atoms with Crippen molar-refractivity contribution in [2.24, 2.45) is 0 Å². The van der Waals surface area contributed by atoms with Crippen molar-refractivity contribution in [2.75, 3.05) is 10.6 Å². The summed E-state index contributed by atoms with van der Waals surface area (Å²) >= 11 is 0.716. The lowest BCUT2D eigenvalue weighted by atomic mass is 10.1. The van der Waals surface area contributed by atoms with Gasteiger partial charge in [0.05, 0.1) is 12.0 Å². The van der Waals surface area contributed by atoms with Crippen LogP contribution in [-0.4, -0.2) is 48.1 Å². The molecule has 0 spiro atoms. The van der Waals surface area contributed by atoms with Gasteiger partial charge >= 0.3 is 0 Å². The summed E-state index contributed by atoms with van der Waals surface area (Å²) in [6, 6.07) is 9.56. The number of aromatic nitrogens is 6. The minimum Gasteiger partial charge on any atom is -0.324 e. The van der Waals surface area contributed by atoms with Crippen LogP contribution < -0.4 is 10.6 Å². The second-order valence-corrected chi connectivity index (χ2v) is 10.4. The second kappa shape index (κ2) is 12.4. The van der Waals surface area contributed by atoms with E-state index in [1.54, 1.807) is 58.0 Å². The zero-order valence-electron chi connectivity index (χ0n) is 21.6. The van der Waals surface area contributed by atoms with Gasteiger partial charge in [0.15, 0.2) is 0 Å². The third-order valence-corrected chi connectivity index (χ3v) is 6.70. The predicted molar refractivity (Wildman–Crippen MR) is 147 cm³/mol. The molecule has 4 rings (SSSR count). The van der Waals surface area contributed by atoms with Gasteiger partial charge in [-0.3, -0.25) is 4.55 Å². The molecule has 0 saturated heterocycles. The lowest BCUT2D eigenvalue weighted by Gasteiger charge is -2.11. The van der Waals surface area contributed by atoms with E-state index in [0.717, 1.165) is 0 Å². The predicted octanol–water partition coefficient (Wildman–Crippen LogP) is 4.62. The molecule has 16 heteroatoms. The summed E-state index contributed by atoms with van der Waals surface area (Å²) in [5.41, 5.74) is 1.74. The standard InChI is InChI=1S/C24H24N8O6S2/c1-13-25-14(2)28-23(27-13)31-19-9-7-17(21(11-19)39-38-37-33)5-6-18-8-10-20(12-22(18)40(34,35)36)32-24-29-15(3)26-16(4)30-24/h5-12,33H,1-4H3,(H,34,35,36)(H,25,27,28,31)(H,26,29,30,32). The maximum Gasteiger partial charge on any atom is 0.295 e. The van der Waals surface area contributed by atoms with Crippen molar-refractivity contribution in [3.63, 3.8) is 0 Å². The first kappa shape index (κ1) is 28.9. The summed E-state index contributed by atoms with van der Waals surface area (Å²) in [6.07, 6.45) is 3.12. The van der Waals surface area contributed by atoms with Crippen molar-refractivity contribution in [2.45, 2.75) is 37.5 Å². The SMILES string of the molecule is Cc1nc(C)nc(Nc2ccc(C=Cc3ccc(Nc4nc(C)nc(C)n4)cc3S(=O)(=O)O)c(SOOO)c2)n1. The average Bonchev–Trinajstić information content (AvgIpc) is 2.85. The number of hydrogen-bond acceptors (Lipinski definition) is 14. The Kier molecular flexibility index (Phi) is 8.98. The molecule has 2 aromatic carbocycles. The summed E-state index contributed by atoms with van der Waals surface area (Å²) < 4.78 is 39.0. The molecule has 0 aliphatic rings. The van der Waals surface area contributed by atoms with Crippen molar-refractivity contribution >= 4 is 57.6 Å². The zero-order valence-corrected chi connectivity index (χ0v) is 23.3. The maximum atomic E-state index is 12.2. The third kappa shape index (κ3) is 7.75. The second-order valence-electron chi connectivity index (χ2n) is 8.30. The molecule has 0 unspecified atom stereocenters.